The van der Waals surface area contributed by atoms with E-state index in [0.717, 1.165) is 21.7 Å². The van der Waals surface area contributed by atoms with E-state index in [1.807, 2.05) is 30.3 Å². The normalized spacial score (nSPS) is 15.3. The highest BCUT2D eigenvalue weighted by Crippen LogP contribution is 2.34. The van der Waals surface area contributed by atoms with Crippen LogP contribution in [0.4, 0.5) is 0 Å². The molecule has 1 aliphatic heterocycles. The lowest BCUT2D eigenvalue weighted by Gasteiger charge is -2.14. The number of thioether (sulfide) groups is 1. The molecule has 1 fully saturated rings. The minimum Gasteiger partial charge on any atom is -0.450 e. The third kappa shape index (κ3) is 4.76. The van der Waals surface area contributed by atoms with Gasteiger partial charge in [-0.15, -0.1) is 11.3 Å². The quantitative estimate of drug-likeness (QED) is 0.375. The predicted octanol–water partition coefficient (Wildman–Crippen LogP) is 5.69. The maximum absolute atomic E-state index is 12.6. The first-order chi connectivity index (χ1) is 14.0. The molecule has 0 saturated carbocycles. The Kier molecular flexibility index (Phi) is 6.12. The van der Waals surface area contributed by atoms with E-state index in [1.54, 1.807) is 29.7 Å². The Hall–Kier alpha value is -2.04. The minimum absolute atomic E-state index is 0.258. The molecule has 3 heterocycles. The molecule has 3 aromatic rings. The molecule has 1 aromatic carbocycles. The number of furan rings is 1. The van der Waals surface area contributed by atoms with Gasteiger partial charge in [0.1, 0.15) is 5.76 Å². The van der Waals surface area contributed by atoms with Gasteiger partial charge in [0, 0.05) is 16.0 Å². The van der Waals surface area contributed by atoms with Crippen LogP contribution >= 0.6 is 58.7 Å². The zero-order chi connectivity index (χ0) is 20.4. The molecule has 0 unspecified atom stereocenters. The molecule has 29 heavy (non-hydrogen) atoms. The summed E-state index contributed by atoms with van der Waals surface area (Å²) in [6.07, 6.45) is 1.61. The molecule has 10 heteroatoms. The topological polar surface area (TPSA) is 62.6 Å². The number of amides is 2. The summed E-state index contributed by atoms with van der Waals surface area (Å²) >= 11 is 15.0. The molecule has 1 N–H and O–H groups in total. The van der Waals surface area contributed by atoms with Crippen LogP contribution in [0.5, 0.6) is 0 Å². The zero-order valence-electron chi connectivity index (χ0n) is 14.5. The molecular formula is C19H11ClN2O3S4. The van der Waals surface area contributed by atoms with Crippen LogP contribution in [0.3, 0.4) is 0 Å². The molecule has 2 aromatic heterocycles. The molecule has 0 spiro atoms. The number of rotatable bonds is 5. The van der Waals surface area contributed by atoms with Crippen LogP contribution in [0.25, 0.3) is 6.08 Å². The Morgan fingerprint density at radius 2 is 2.00 bits per heavy atom. The second kappa shape index (κ2) is 8.76. The monoisotopic (exact) mass is 478 g/mol. The molecule has 1 aliphatic rings. The maximum Gasteiger partial charge on any atom is 0.285 e. The lowest BCUT2D eigenvalue weighted by atomic mass is 10.4. The molecule has 5 nitrogen and oxygen atoms in total. The average molecular weight is 479 g/mol. The Labute approximate surface area is 189 Å². The third-order valence-electron chi connectivity index (χ3n) is 3.66. The smallest absolute Gasteiger partial charge is 0.285 e. The number of benzene rings is 1. The highest BCUT2D eigenvalue weighted by atomic mass is 35.5. The summed E-state index contributed by atoms with van der Waals surface area (Å²) in [6, 6.07) is 14.5. The number of hydrogen-bond acceptors (Lipinski definition) is 7. The summed E-state index contributed by atoms with van der Waals surface area (Å²) in [7, 11) is 0. The standard InChI is InChI=1S/C19H11ClN2O3S4/c20-11-3-6-13(7-4-11)28-16-8-5-12(25-16)10-15-18(24)22(19(26)29-15)21-17(23)14-2-1-9-27-14/h1-10H,(H,21,23)/b15-10-. The number of nitrogens with zero attached hydrogens (tertiary/aromatic N) is 1. The number of hydrazine groups is 1. The summed E-state index contributed by atoms with van der Waals surface area (Å²) < 4.78 is 6.04. The van der Waals surface area contributed by atoms with Crippen LogP contribution in [0.1, 0.15) is 15.4 Å². The third-order valence-corrected chi connectivity index (χ3v) is 7.01. The van der Waals surface area contributed by atoms with Gasteiger partial charge >= 0.3 is 0 Å². The Morgan fingerprint density at radius 3 is 2.72 bits per heavy atom. The second-order valence-electron chi connectivity index (χ2n) is 5.65. The first-order valence-corrected chi connectivity index (χ1v) is 11.5. The summed E-state index contributed by atoms with van der Waals surface area (Å²) in [5.74, 6) is -0.253. The summed E-state index contributed by atoms with van der Waals surface area (Å²) in [5.41, 5.74) is 2.55. The molecule has 1 saturated heterocycles. The lowest BCUT2D eigenvalue weighted by molar-refractivity contribution is -0.123. The van der Waals surface area contributed by atoms with Crippen LogP contribution in [0.2, 0.25) is 5.02 Å². The molecule has 146 valence electrons. The maximum atomic E-state index is 12.6. The fraction of sp³-hybridized carbons (Fsp3) is 0. The molecule has 0 bridgehead atoms. The van der Waals surface area contributed by atoms with Crippen molar-refractivity contribution in [3.8, 4) is 0 Å². The van der Waals surface area contributed by atoms with Crippen LogP contribution in [0.15, 0.2) is 73.2 Å². The first kappa shape index (κ1) is 20.2. The molecule has 4 rings (SSSR count). The number of carbonyl (C=O) groups excluding carboxylic acids is 2. The SMILES string of the molecule is O=C(NN1C(=O)/C(=C/c2ccc(Sc3ccc(Cl)cc3)o2)SC1=S)c1cccs1. The lowest BCUT2D eigenvalue weighted by Crippen LogP contribution is -2.44. The van der Waals surface area contributed by atoms with Crippen molar-refractivity contribution in [1.29, 1.82) is 0 Å². The van der Waals surface area contributed by atoms with Crippen molar-refractivity contribution in [1.82, 2.24) is 10.4 Å². The molecule has 0 atom stereocenters. The molecule has 0 radical (unpaired) electrons. The second-order valence-corrected chi connectivity index (χ2v) is 9.79. The summed E-state index contributed by atoms with van der Waals surface area (Å²) in [4.78, 5) is 26.7. The van der Waals surface area contributed by atoms with E-state index < -0.39 is 5.91 Å². The van der Waals surface area contributed by atoms with E-state index in [9.17, 15) is 9.59 Å². The van der Waals surface area contributed by atoms with Crippen molar-refractivity contribution in [2.75, 3.05) is 0 Å². The molecular weight excluding hydrogens is 468 g/mol. The van der Waals surface area contributed by atoms with E-state index in [1.165, 1.54) is 23.1 Å². The van der Waals surface area contributed by atoms with Crippen molar-refractivity contribution < 1.29 is 14.0 Å². The van der Waals surface area contributed by atoms with Gasteiger partial charge in [0.2, 0.25) is 0 Å². The number of thiophene rings is 1. The molecule has 2 amide bonds. The van der Waals surface area contributed by atoms with Gasteiger partial charge < -0.3 is 4.42 Å². The van der Waals surface area contributed by atoms with Gasteiger partial charge in [-0.2, -0.15) is 5.01 Å². The van der Waals surface area contributed by atoms with E-state index in [2.05, 4.69) is 5.43 Å². The summed E-state index contributed by atoms with van der Waals surface area (Å²) in [5, 5.41) is 4.22. The largest absolute Gasteiger partial charge is 0.450 e. The highest BCUT2D eigenvalue weighted by Gasteiger charge is 2.34. The highest BCUT2D eigenvalue weighted by molar-refractivity contribution is 8.26. The van der Waals surface area contributed by atoms with Crippen LogP contribution < -0.4 is 5.43 Å². The Morgan fingerprint density at radius 1 is 1.21 bits per heavy atom. The average Bonchev–Trinajstić information content (AvgIpc) is 3.43. The van der Waals surface area contributed by atoms with Crippen molar-refractivity contribution >= 4 is 80.9 Å². The fourth-order valence-electron chi connectivity index (χ4n) is 2.34. The van der Waals surface area contributed by atoms with Crippen molar-refractivity contribution in [3.05, 3.63) is 74.5 Å². The van der Waals surface area contributed by atoms with Crippen LogP contribution in [0, 0.1) is 0 Å². The first-order valence-electron chi connectivity index (χ1n) is 8.15. The van der Waals surface area contributed by atoms with Crippen LogP contribution in [-0.2, 0) is 4.79 Å². The van der Waals surface area contributed by atoms with Gasteiger partial charge in [-0.3, -0.25) is 15.0 Å². The Balaban J connectivity index is 1.45. The number of thiocarbonyl (C=S) groups is 1. The van der Waals surface area contributed by atoms with E-state index in [4.69, 9.17) is 28.2 Å². The van der Waals surface area contributed by atoms with Gasteiger partial charge in [-0.1, -0.05) is 41.2 Å². The summed E-state index contributed by atoms with van der Waals surface area (Å²) in [6.45, 7) is 0. The van der Waals surface area contributed by atoms with Crippen molar-refractivity contribution in [3.63, 3.8) is 0 Å². The van der Waals surface area contributed by atoms with Crippen molar-refractivity contribution in [2.45, 2.75) is 9.99 Å². The number of hydrogen-bond donors (Lipinski definition) is 1. The van der Waals surface area contributed by atoms with Crippen LogP contribution in [-0.4, -0.2) is 21.1 Å². The zero-order valence-corrected chi connectivity index (χ0v) is 18.5. The van der Waals surface area contributed by atoms with Gasteiger partial charge in [0.05, 0.1) is 9.78 Å². The Bertz CT molecular complexity index is 1110. The van der Waals surface area contributed by atoms with Gasteiger partial charge in [0.25, 0.3) is 11.8 Å². The number of halogens is 1. The van der Waals surface area contributed by atoms with Gasteiger partial charge in [-0.25, -0.2) is 0 Å². The number of carbonyl (C=O) groups is 2. The number of nitrogens with one attached hydrogen (secondary N) is 1. The van der Waals surface area contributed by atoms with Gasteiger partial charge in [0.15, 0.2) is 9.41 Å². The van der Waals surface area contributed by atoms with Gasteiger partial charge in [-0.05, 0) is 60.1 Å². The van der Waals surface area contributed by atoms with E-state index >= 15 is 0 Å². The van der Waals surface area contributed by atoms with E-state index in [0.29, 0.717) is 25.7 Å². The molecule has 0 aliphatic carbocycles. The predicted molar refractivity (Wildman–Crippen MR) is 121 cm³/mol. The minimum atomic E-state index is -0.395. The van der Waals surface area contributed by atoms with E-state index in [-0.39, 0.29) is 10.2 Å². The van der Waals surface area contributed by atoms with Crippen molar-refractivity contribution in [2.24, 2.45) is 0 Å². The fourth-order valence-corrected chi connectivity index (χ4v) is 5.02.